The molecular formula is C18H10Br2FN3S. The van der Waals surface area contributed by atoms with Gasteiger partial charge in [0.1, 0.15) is 22.5 Å². The molecule has 0 unspecified atom stereocenters. The van der Waals surface area contributed by atoms with E-state index in [4.69, 9.17) is 0 Å². The number of rotatable bonds is 4. The van der Waals surface area contributed by atoms with Crippen LogP contribution in [0.5, 0.6) is 0 Å². The van der Waals surface area contributed by atoms with Crippen LogP contribution in [0.1, 0.15) is 5.01 Å². The fraction of sp³-hybridized carbons (Fsp3) is 0. The average molecular weight is 479 g/mol. The van der Waals surface area contributed by atoms with Gasteiger partial charge in [-0.2, -0.15) is 5.26 Å². The highest BCUT2D eigenvalue weighted by Gasteiger charge is 2.10. The summed E-state index contributed by atoms with van der Waals surface area (Å²) in [6.07, 6.45) is 1.47. The zero-order valence-electron chi connectivity index (χ0n) is 12.6. The van der Waals surface area contributed by atoms with Gasteiger partial charge in [-0.3, -0.25) is 0 Å². The molecular weight excluding hydrogens is 469 g/mol. The molecule has 0 saturated carbocycles. The highest BCUT2D eigenvalue weighted by Crippen LogP contribution is 2.28. The molecule has 0 atom stereocenters. The number of anilines is 1. The maximum Gasteiger partial charge on any atom is 0.147 e. The molecule has 0 spiro atoms. The Kier molecular flexibility index (Phi) is 5.63. The van der Waals surface area contributed by atoms with E-state index < -0.39 is 5.82 Å². The van der Waals surface area contributed by atoms with Crippen molar-refractivity contribution in [3.8, 4) is 17.3 Å². The quantitative estimate of drug-likeness (QED) is 0.438. The minimum absolute atomic E-state index is 0.291. The molecule has 2 aromatic carbocycles. The molecule has 25 heavy (non-hydrogen) atoms. The second-order valence-corrected chi connectivity index (χ2v) is 7.68. The molecule has 0 aliphatic heterocycles. The Morgan fingerprint density at radius 2 is 2.00 bits per heavy atom. The molecule has 124 valence electrons. The van der Waals surface area contributed by atoms with Crippen LogP contribution in [0.25, 0.3) is 16.8 Å². The normalized spacial score (nSPS) is 11.2. The molecule has 0 aliphatic rings. The summed E-state index contributed by atoms with van der Waals surface area (Å²) in [6.45, 7) is 0. The summed E-state index contributed by atoms with van der Waals surface area (Å²) in [5.41, 5.74) is 2.38. The predicted molar refractivity (Wildman–Crippen MR) is 107 cm³/mol. The highest BCUT2D eigenvalue weighted by atomic mass is 79.9. The van der Waals surface area contributed by atoms with Crippen molar-refractivity contribution in [3.05, 3.63) is 73.8 Å². The number of hydrogen-bond acceptors (Lipinski definition) is 4. The highest BCUT2D eigenvalue weighted by molar-refractivity contribution is 9.10. The van der Waals surface area contributed by atoms with E-state index in [1.807, 2.05) is 29.6 Å². The van der Waals surface area contributed by atoms with Crippen LogP contribution >= 0.6 is 43.2 Å². The van der Waals surface area contributed by atoms with E-state index in [1.54, 1.807) is 12.1 Å². The van der Waals surface area contributed by atoms with Gasteiger partial charge in [-0.05, 0) is 30.3 Å². The molecule has 1 aromatic heterocycles. The number of nitrogens with zero attached hydrogens (tertiary/aromatic N) is 2. The number of allylic oxidation sites excluding steroid dienone is 1. The van der Waals surface area contributed by atoms with E-state index >= 15 is 0 Å². The predicted octanol–water partition coefficient (Wildman–Crippen LogP) is 6.45. The first-order valence-corrected chi connectivity index (χ1v) is 9.57. The number of thiazole rings is 1. The number of aromatic nitrogens is 1. The van der Waals surface area contributed by atoms with Crippen molar-refractivity contribution in [1.29, 1.82) is 5.26 Å². The molecule has 7 heteroatoms. The third-order valence-electron chi connectivity index (χ3n) is 3.28. The molecule has 3 aromatic rings. The first kappa shape index (κ1) is 17.8. The van der Waals surface area contributed by atoms with Crippen LogP contribution in [0, 0.1) is 17.1 Å². The number of nitrogens with one attached hydrogen (secondary N) is 1. The maximum atomic E-state index is 13.8. The number of halogens is 3. The van der Waals surface area contributed by atoms with Crippen LogP contribution in [-0.2, 0) is 0 Å². The Bertz CT molecular complexity index is 992. The van der Waals surface area contributed by atoms with Crippen molar-refractivity contribution < 1.29 is 4.39 Å². The topological polar surface area (TPSA) is 48.7 Å². The third kappa shape index (κ3) is 4.34. The Hall–Kier alpha value is -2.01. The molecule has 3 rings (SSSR count). The van der Waals surface area contributed by atoms with Crippen LogP contribution in [0.15, 0.2) is 63.0 Å². The summed E-state index contributed by atoms with van der Waals surface area (Å²) >= 11 is 8.01. The fourth-order valence-corrected chi connectivity index (χ4v) is 3.60. The van der Waals surface area contributed by atoms with Gasteiger partial charge in [0.05, 0.1) is 11.4 Å². The van der Waals surface area contributed by atoms with Crippen molar-refractivity contribution in [3.63, 3.8) is 0 Å². The minimum atomic E-state index is -0.406. The molecule has 1 heterocycles. The van der Waals surface area contributed by atoms with E-state index in [9.17, 15) is 9.65 Å². The Balaban J connectivity index is 1.85. The van der Waals surface area contributed by atoms with Crippen molar-refractivity contribution in [1.82, 2.24) is 4.98 Å². The smallest absolute Gasteiger partial charge is 0.147 e. The molecule has 1 N–H and O–H groups in total. The van der Waals surface area contributed by atoms with Gasteiger partial charge in [-0.25, -0.2) is 9.37 Å². The molecule has 0 aliphatic carbocycles. The second-order valence-electron chi connectivity index (χ2n) is 4.99. The minimum Gasteiger partial charge on any atom is -0.358 e. The summed E-state index contributed by atoms with van der Waals surface area (Å²) < 4.78 is 15.5. The van der Waals surface area contributed by atoms with E-state index in [1.165, 1.54) is 23.6 Å². The van der Waals surface area contributed by atoms with Gasteiger partial charge >= 0.3 is 0 Å². The largest absolute Gasteiger partial charge is 0.358 e. The fourth-order valence-electron chi connectivity index (χ4n) is 2.08. The van der Waals surface area contributed by atoms with E-state index in [0.717, 1.165) is 15.7 Å². The molecule has 0 saturated heterocycles. The van der Waals surface area contributed by atoms with Gasteiger partial charge < -0.3 is 5.32 Å². The van der Waals surface area contributed by atoms with Crippen molar-refractivity contribution >= 4 is 54.5 Å². The van der Waals surface area contributed by atoms with Crippen LogP contribution < -0.4 is 5.32 Å². The number of benzene rings is 2. The average Bonchev–Trinajstić information content (AvgIpc) is 3.07. The molecule has 0 fully saturated rings. The van der Waals surface area contributed by atoms with Crippen LogP contribution in [0.4, 0.5) is 10.1 Å². The van der Waals surface area contributed by atoms with E-state index in [-0.39, 0.29) is 0 Å². The van der Waals surface area contributed by atoms with Crippen LogP contribution in [-0.4, -0.2) is 4.98 Å². The summed E-state index contributed by atoms with van der Waals surface area (Å²) in [5.74, 6) is -0.406. The zero-order valence-corrected chi connectivity index (χ0v) is 16.6. The first-order valence-electron chi connectivity index (χ1n) is 7.10. The summed E-state index contributed by atoms with van der Waals surface area (Å²) in [7, 11) is 0. The van der Waals surface area contributed by atoms with Gasteiger partial charge in [-0.1, -0.05) is 44.0 Å². The first-order chi connectivity index (χ1) is 12.1. The van der Waals surface area contributed by atoms with Crippen molar-refractivity contribution in [2.75, 3.05) is 5.32 Å². The molecule has 3 nitrogen and oxygen atoms in total. The number of hydrogen-bond donors (Lipinski definition) is 1. The standard InChI is InChI=1S/C18H10Br2FN3S/c19-13-3-1-2-11(6-13)17-10-25-18(24-17)12(8-22)9-23-16-5-4-14(20)7-15(16)21/h1-7,9-10,23H. The molecule has 0 radical (unpaired) electrons. The van der Waals surface area contributed by atoms with Gasteiger partial charge in [0.25, 0.3) is 0 Å². The third-order valence-corrected chi connectivity index (χ3v) is 5.14. The van der Waals surface area contributed by atoms with Gasteiger partial charge in [0.2, 0.25) is 0 Å². The summed E-state index contributed by atoms with van der Waals surface area (Å²) in [6, 6.07) is 14.6. The Labute approximate surface area is 165 Å². The molecule has 0 amide bonds. The molecule has 0 bridgehead atoms. The van der Waals surface area contributed by atoms with E-state index in [2.05, 4.69) is 48.2 Å². The SMILES string of the molecule is N#CC(=CNc1ccc(Br)cc1F)c1nc(-c2cccc(Br)c2)cs1. The maximum absolute atomic E-state index is 13.8. The Morgan fingerprint density at radius 3 is 2.72 bits per heavy atom. The second kappa shape index (κ2) is 7.91. The van der Waals surface area contributed by atoms with Crippen molar-refractivity contribution in [2.24, 2.45) is 0 Å². The number of nitriles is 1. The lowest BCUT2D eigenvalue weighted by molar-refractivity contribution is 0.631. The lowest BCUT2D eigenvalue weighted by Crippen LogP contribution is -1.94. The van der Waals surface area contributed by atoms with Gasteiger partial charge in [0, 0.05) is 26.1 Å². The lowest BCUT2D eigenvalue weighted by Gasteiger charge is -2.03. The van der Waals surface area contributed by atoms with E-state index in [0.29, 0.717) is 20.7 Å². The van der Waals surface area contributed by atoms with Crippen molar-refractivity contribution in [2.45, 2.75) is 0 Å². The van der Waals surface area contributed by atoms with Crippen LogP contribution in [0.3, 0.4) is 0 Å². The summed E-state index contributed by atoms with van der Waals surface area (Å²) in [5, 5.41) is 14.7. The van der Waals surface area contributed by atoms with Crippen LogP contribution in [0.2, 0.25) is 0 Å². The monoisotopic (exact) mass is 477 g/mol. The zero-order chi connectivity index (χ0) is 17.8. The van der Waals surface area contributed by atoms with Gasteiger partial charge in [-0.15, -0.1) is 11.3 Å². The van der Waals surface area contributed by atoms with Gasteiger partial charge in [0.15, 0.2) is 0 Å². The Morgan fingerprint density at radius 1 is 1.20 bits per heavy atom. The summed E-state index contributed by atoms with van der Waals surface area (Å²) in [4.78, 5) is 4.51. The lowest BCUT2D eigenvalue weighted by atomic mass is 10.2.